The normalized spacial score (nSPS) is 18.3. The fraction of sp³-hybridized carbons (Fsp3) is 0.292. The number of benzene rings is 2. The van der Waals surface area contributed by atoms with Crippen molar-refractivity contribution in [1.29, 1.82) is 0 Å². The van der Waals surface area contributed by atoms with Crippen LogP contribution < -0.4 is 5.32 Å². The highest BCUT2D eigenvalue weighted by molar-refractivity contribution is 6.42. The zero-order chi connectivity index (χ0) is 24.8. The minimum Gasteiger partial charge on any atom is -0.347 e. The van der Waals surface area contributed by atoms with Crippen LogP contribution in [0.15, 0.2) is 59.6 Å². The predicted molar refractivity (Wildman–Crippen MR) is 126 cm³/mol. The van der Waals surface area contributed by atoms with Crippen molar-refractivity contribution in [3.63, 3.8) is 0 Å². The Morgan fingerprint density at radius 2 is 1.71 bits per heavy atom. The van der Waals surface area contributed by atoms with Crippen LogP contribution in [0, 0.1) is 5.92 Å². The largest absolute Gasteiger partial charge is 0.435 e. The first kappa shape index (κ1) is 24.3. The summed E-state index contributed by atoms with van der Waals surface area (Å²) >= 11 is 12.3. The van der Waals surface area contributed by atoms with Crippen molar-refractivity contribution in [3.05, 3.63) is 81.5 Å². The Morgan fingerprint density at radius 3 is 2.32 bits per heavy atom. The molecule has 0 saturated heterocycles. The smallest absolute Gasteiger partial charge is 0.347 e. The van der Waals surface area contributed by atoms with Crippen LogP contribution in [0.3, 0.4) is 0 Å². The quantitative estimate of drug-likeness (QED) is 0.433. The summed E-state index contributed by atoms with van der Waals surface area (Å²) in [5.41, 5.74) is -0.116. The maximum absolute atomic E-state index is 13.6. The van der Waals surface area contributed by atoms with Crippen molar-refractivity contribution in [1.82, 2.24) is 15.1 Å². The molecule has 2 aromatic carbocycles. The van der Waals surface area contributed by atoms with Crippen LogP contribution in [0.25, 0.3) is 0 Å². The maximum atomic E-state index is 13.6. The van der Waals surface area contributed by atoms with Gasteiger partial charge in [-0.05, 0) is 44.0 Å². The molecule has 1 amide bonds. The molecule has 0 saturated carbocycles. The predicted octanol–water partition coefficient (Wildman–Crippen LogP) is 6.57. The minimum atomic E-state index is -4.66. The number of aromatic nitrogens is 2. The third-order valence-electron chi connectivity index (χ3n) is 5.83. The van der Waals surface area contributed by atoms with E-state index in [1.165, 1.54) is 12.1 Å². The molecule has 0 aliphatic carbocycles. The van der Waals surface area contributed by atoms with Crippen LogP contribution in [-0.4, -0.2) is 21.4 Å². The van der Waals surface area contributed by atoms with E-state index < -0.39 is 35.3 Å². The lowest BCUT2D eigenvalue weighted by molar-refractivity contribution is -0.141. The highest BCUT2D eigenvalue weighted by Crippen LogP contribution is 2.41. The van der Waals surface area contributed by atoms with Crippen LogP contribution in [0.4, 0.5) is 19.0 Å². The monoisotopic (exact) mass is 508 g/mol. The molecule has 2 heterocycles. The van der Waals surface area contributed by atoms with Crippen molar-refractivity contribution in [2.75, 3.05) is 0 Å². The maximum Gasteiger partial charge on any atom is 0.435 e. The van der Waals surface area contributed by atoms with E-state index in [1.807, 2.05) is 44.2 Å². The number of aliphatic imine (C=N–C) groups is 1. The fourth-order valence-electron chi connectivity index (χ4n) is 4.11. The van der Waals surface area contributed by atoms with Gasteiger partial charge in [0.15, 0.2) is 11.5 Å². The molecular weight excluding hydrogens is 488 g/mol. The molecule has 0 radical (unpaired) electrons. The zero-order valence-corrected chi connectivity index (χ0v) is 20.0. The molecule has 0 spiro atoms. The molecule has 1 aliphatic rings. The summed E-state index contributed by atoms with van der Waals surface area (Å²) in [5, 5.41) is 7.31. The number of nitrogens with one attached hydrogen (secondary N) is 1. The third kappa shape index (κ3) is 4.57. The second-order valence-corrected chi connectivity index (χ2v) is 9.47. The number of fused-ring (bicyclic) bond motifs is 1. The van der Waals surface area contributed by atoms with E-state index in [2.05, 4.69) is 15.4 Å². The van der Waals surface area contributed by atoms with E-state index in [9.17, 15) is 18.0 Å². The Balaban J connectivity index is 1.80. The lowest BCUT2D eigenvalue weighted by atomic mass is 9.86. The number of hydrogen-bond donors (Lipinski definition) is 1. The van der Waals surface area contributed by atoms with Gasteiger partial charge in [-0.2, -0.15) is 18.3 Å². The number of halogens is 5. The first-order valence-corrected chi connectivity index (χ1v) is 11.2. The summed E-state index contributed by atoms with van der Waals surface area (Å²) < 4.78 is 41.5. The van der Waals surface area contributed by atoms with Gasteiger partial charge in [0.2, 0.25) is 5.91 Å². The van der Waals surface area contributed by atoms with Gasteiger partial charge >= 0.3 is 6.18 Å². The Labute approximate surface area is 204 Å². The average molecular weight is 509 g/mol. The summed E-state index contributed by atoms with van der Waals surface area (Å²) in [6.07, 6.45) is -4.66. The Morgan fingerprint density at radius 1 is 1.03 bits per heavy atom. The van der Waals surface area contributed by atoms with Gasteiger partial charge in [-0.15, -0.1) is 0 Å². The van der Waals surface area contributed by atoms with E-state index in [-0.39, 0.29) is 15.9 Å². The molecule has 2 unspecified atom stereocenters. The van der Waals surface area contributed by atoms with Crippen LogP contribution in [0.5, 0.6) is 0 Å². The first-order chi connectivity index (χ1) is 15.9. The second-order valence-electron chi connectivity index (χ2n) is 8.66. The molecule has 4 rings (SSSR count). The number of amides is 1. The Kier molecular flexibility index (Phi) is 6.25. The van der Waals surface area contributed by atoms with Gasteiger partial charge < -0.3 is 5.32 Å². The Hall–Kier alpha value is -2.84. The molecule has 3 aromatic rings. The SMILES string of the molecule is CC1=Nc2cc(C(F)(F)F)nn2C(c2ccc(Cl)c(Cl)c2)C1C(=O)NC(C)(C)c1ccccc1. The molecule has 2 atom stereocenters. The highest BCUT2D eigenvalue weighted by atomic mass is 35.5. The van der Waals surface area contributed by atoms with Crippen LogP contribution in [0.1, 0.15) is 43.6 Å². The molecule has 0 bridgehead atoms. The number of alkyl halides is 3. The summed E-state index contributed by atoms with van der Waals surface area (Å²) in [5.74, 6) is -1.33. The van der Waals surface area contributed by atoms with Gasteiger partial charge in [0.25, 0.3) is 0 Å². The molecule has 34 heavy (non-hydrogen) atoms. The number of hydrogen-bond acceptors (Lipinski definition) is 3. The van der Waals surface area contributed by atoms with Crippen molar-refractivity contribution in [3.8, 4) is 0 Å². The van der Waals surface area contributed by atoms with Gasteiger partial charge in [-0.3, -0.25) is 4.79 Å². The van der Waals surface area contributed by atoms with Crippen molar-refractivity contribution < 1.29 is 18.0 Å². The summed E-state index contributed by atoms with van der Waals surface area (Å²) in [7, 11) is 0. The van der Waals surface area contributed by atoms with Crippen LogP contribution in [0.2, 0.25) is 10.0 Å². The van der Waals surface area contributed by atoms with Crippen LogP contribution in [-0.2, 0) is 16.5 Å². The number of carbonyl (C=O) groups is 1. The van der Waals surface area contributed by atoms with Crippen LogP contribution >= 0.6 is 23.2 Å². The summed E-state index contributed by atoms with van der Waals surface area (Å²) in [6.45, 7) is 5.32. The molecule has 0 fully saturated rings. The highest BCUT2D eigenvalue weighted by Gasteiger charge is 2.43. The van der Waals surface area contributed by atoms with E-state index in [0.717, 1.165) is 16.3 Å². The molecule has 178 valence electrons. The van der Waals surface area contributed by atoms with Gasteiger partial charge in [0.1, 0.15) is 5.92 Å². The van der Waals surface area contributed by atoms with E-state index in [1.54, 1.807) is 13.0 Å². The topological polar surface area (TPSA) is 59.3 Å². The zero-order valence-electron chi connectivity index (χ0n) is 18.5. The lowest BCUT2D eigenvalue weighted by Crippen LogP contribution is -2.49. The van der Waals surface area contributed by atoms with Crippen molar-refractivity contribution in [2.24, 2.45) is 10.9 Å². The third-order valence-corrected chi connectivity index (χ3v) is 6.56. The van der Waals surface area contributed by atoms with Gasteiger partial charge in [0, 0.05) is 11.8 Å². The number of nitrogens with zero attached hydrogens (tertiary/aromatic N) is 3. The van der Waals surface area contributed by atoms with Gasteiger partial charge in [0.05, 0.1) is 21.6 Å². The molecule has 5 nitrogen and oxygen atoms in total. The van der Waals surface area contributed by atoms with Gasteiger partial charge in [-0.25, -0.2) is 9.67 Å². The standard InChI is InChI=1S/C24H21Cl2F3N4O/c1-13-20(22(34)31-23(2,3)15-7-5-4-6-8-15)21(14-9-10-16(25)17(26)11-14)33-19(30-13)12-18(32-33)24(27,28)29/h4-12,20-21H,1-3H3,(H,31,34). The van der Waals surface area contributed by atoms with Crippen molar-refractivity contribution in [2.45, 2.75) is 38.5 Å². The first-order valence-electron chi connectivity index (χ1n) is 10.4. The Bertz CT molecular complexity index is 1270. The van der Waals surface area contributed by atoms with Crippen molar-refractivity contribution >= 4 is 40.6 Å². The summed E-state index contributed by atoms with van der Waals surface area (Å²) in [6, 6.07) is 14.0. The van der Waals surface area contributed by atoms with E-state index in [0.29, 0.717) is 11.3 Å². The molecule has 1 N–H and O–H groups in total. The molecule has 10 heteroatoms. The minimum absolute atomic E-state index is 0.00673. The fourth-order valence-corrected chi connectivity index (χ4v) is 4.41. The molecule has 1 aromatic heterocycles. The van der Waals surface area contributed by atoms with Gasteiger partial charge in [-0.1, -0.05) is 59.6 Å². The second kappa shape index (κ2) is 8.74. The van der Waals surface area contributed by atoms with E-state index in [4.69, 9.17) is 23.2 Å². The number of rotatable bonds is 4. The summed E-state index contributed by atoms with van der Waals surface area (Å²) in [4.78, 5) is 17.9. The number of carbonyl (C=O) groups excluding carboxylic acids is 1. The molecule has 1 aliphatic heterocycles. The molecular formula is C24H21Cl2F3N4O. The van der Waals surface area contributed by atoms with E-state index >= 15 is 0 Å². The average Bonchev–Trinajstić information content (AvgIpc) is 3.19. The lowest BCUT2D eigenvalue weighted by Gasteiger charge is -2.35.